The summed E-state index contributed by atoms with van der Waals surface area (Å²) in [7, 11) is 0. The molecule has 0 amide bonds. The number of fused-ring (bicyclic) bond motifs is 10. The summed E-state index contributed by atoms with van der Waals surface area (Å²) in [6.07, 6.45) is 0. The SMILES string of the molecule is c1ccc(-c2ccc(N(c3ccc(-c4ccc5c(c4)oc4ccccc45)cc3)c3cccc4c3oc3c4ccc4oc5ccccc5c43)cc2)cc1. The summed E-state index contributed by atoms with van der Waals surface area (Å²) in [6.45, 7) is 0. The Morgan fingerprint density at radius 1 is 0.308 bits per heavy atom. The molecule has 0 N–H and O–H groups in total. The Labute approximate surface area is 298 Å². The molecule has 3 aromatic heterocycles. The lowest BCUT2D eigenvalue weighted by Crippen LogP contribution is -2.10. The number of para-hydroxylation sites is 3. The van der Waals surface area contributed by atoms with Gasteiger partial charge in [-0.25, -0.2) is 0 Å². The first-order valence-corrected chi connectivity index (χ1v) is 17.5. The van der Waals surface area contributed by atoms with Crippen molar-refractivity contribution in [1.82, 2.24) is 0 Å². The highest BCUT2D eigenvalue weighted by Gasteiger charge is 2.22. The molecule has 3 heterocycles. The van der Waals surface area contributed by atoms with Gasteiger partial charge in [-0.15, -0.1) is 0 Å². The highest BCUT2D eigenvalue weighted by Crippen LogP contribution is 2.45. The number of rotatable bonds is 5. The number of nitrogens with zero attached hydrogens (tertiary/aromatic N) is 1. The number of benzene rings is 8. The van der Waals surface area contributed by atoms with E-state index in [0.29, 0.717) is 0 Å². The average molecular weight is 668 g/mol. The minimum absolute atomic E-state index is 0.819. The standard InChI is InChI=1S/C48H29NO3/c1-2-9-30(10-3-1)31-17-22-34(23-18-31)49(35-24-19-32(20-25-35)33-21-26-37-36-11-4-6-15-42(36)51-45(37)29-33)41-14-8-13-38-39-27-28-44-46(48(39)52-47(38)41)40-12-5-7-16-43(40)50-44/h1-29H. The van der Waals surface area contributed by atoms with Crippen LogP contribution in [0.4, 0.5) is 17.1 Å². The van der Waals surface area contributed by atoms with Gasteiger partial charge in [0.15, 0.2) is 5.58 Å². The molecule has 11 aromatic rings. The van der Waals surface area contributed by atoms with Gasteiger partial charge in [0.2, 0.25) is 0 Å². The van der Waals surface area contributed by atoms with E-state index in [2.05, 4.69) is 144 Å². The van der Waals surface area contributed by atoms with Gasteiger partial charge in [-0.05, 0) is 89.0 Å². The van der Waals surface area contributed by atoms with Crippen LogP contribution >= 0.6 is 0 Å². The molecule has 0 aliphatic carbocycles. The molecule has 52 heavy (non-hydrogen) atoms. The van der Waals surface area contributed by atoms with E-state index in [1.165, 1.54) is 5.56 Å². The van der Waals surface area contributed by atoms with Crippen molar-refractivity contribution in [3.05, 3.63) is 176 Å². The Balaban J connectivity index is 1.08. The Bertz CT molecular complexity index is 3110. The van der Waals surface area contributed by atoms with Crippen molar-refractivity contribution in [3.8, 4) is 22.3 Å². The molecule has 11 rings (SSSR count). The van der Waals surface area contributed by atoms with Crippen molar-refractivity contribution in [2.75, 3.05) is 4.90 Å². The third-order valence-electron chi connectivity index (χ3n) is 10.3. The molecule has 0 unspecified atom stereocenters. The van der Waals surface area contributed by atoms with E-state index < -0.39 is 0 Å². The molecular weight excluding hydrogens is 639 g/mol. The highest BCUT2D eigenvalue weighted by molar-refractivity contribution is 6.23. The topological polar surface area (TPSA) is 42.7 Å². The van der Waals surface area contributed by atoms with Crippen molar-refractivity contribution in [2.24, 2.45) is 0 Å². The van der Waals surface area contributed by atoms with Crippen LogP contribution < -0.4 is 4.90 Å². The first-order valence-electron chi connectivity index (χ1n) is 17.5. The summed E-state index contributed by atoms with van der Waals surface area (Å²) in [6, 6.07) is 61.4. The van der Waals surface area contributed by atoms with E-state index in [-0.39, 0.29) is 0 Å². The maximum Gasteiger partial charge on any atom is 0.159 e. The fourth-order valence-corrected chi connectivity index (χ4v) is 7.79. The van der Waals surface area contributed by atoms with E-state index in [9.17, 15) is 0 Å². The van der Waals surface area contributed by atoms with Gasteiger partial charge in [0, 0.05) is 38.3 Å². The largest absolute Gasteiger partial charge is 0.456 e. The van der Waals surface area contributed by atoms with Crippen LogP contribution in [-0.4, -0.2) is 0 Å². The van der Waals surface area contributed by atoms with Gasteiger partial charge in [-0.3, -0.25) is 0 Å². The zero-order valence-electron chi connectivity index (χ0n) is 27.9. The van der Waals surface area contributed by atoms with E-state index in [0.717, 1.165) is 99.6 Å². The van der Waals surface area contributed by atoms with Crippen molar-refractivity contribution < 1.29 is 13.3 Å². The molecule has 4 nitrogen and oxygen atoms in total. The Morgan fingerprint density at radius 3 is 1.62 bits per heavy atom. The van der Waals surface area contributed by atoms with Gasteiger partial charge < -0.3 is 18.2 Å². The molecule has 0 bridgehead atoms. The molecule has 244 valence electrons. The van der Waals surface area contributed by atoms with E-state index in [1.807, 2.05) is 36.4 Å². The monoisotopic (exact) mass is 667 g/mol. The van der Waals surface area contributed by atoms with Crippen LogP contribution in [0, 0.1) is 0 Å². The van der Waals surface area contributed by atoms with Gasteiger partial charge in [-0.2, -0.15) is 0 Å². The second-order valence-electron chi connectivity index (χ2n) is 13.3. The van der Waals surface area contributed by atoms with Crippen LogP contribution in [0.15, 0.2) is 189 Å². The zero-order chi connectivity index (χ0) is 34.2. The lowest BCUT2D eigenvalue weighted by atomic mass is 10.0. The second-order valence-corrected chi connectivity index (χ2v) is 13.3. The molecular formula is C48H29NO3. The molecule has 0 saturated heterocycles. The van der Waals surface area contributed by atoms with Crippen molar-refractivity contribution in [3.63, 3.8) is 0 Å². The van der Waals surface area contributed by atoms with Gasteiger partial charge >= 0.3 is 0 Å². The predicted octanol–water partition coefficient (Wildman–Crippen LogP) is 14.2. The van der Waals surface area contributed by atoms with Crippen LogP contribution in [-0.2, 0) is 0 Å². The molecule has 0 atom stereocenters. The first kappa shape index (κ1) is 28.8. The number of anilines is 3. The normalized spacial score (nSPS) is 11.8. The van der Waals surface area contributed by atoms with Crippen LogP contribution in [0.3, 0.4) is 0 Å². The Kier molecular flexibility index (Phi) is 6.22. The highest BCUT2D eigenvalue weighted by atomic mass is 16.3. The van der Waals surface area contributed by atoms with Crippen LogP contribution in [0.2, 0.25) is 0 Å². The third-order valence-corrected chi connectivity index (χ3v) is 10.3. The number of hydrogen-bond acceptors (Lipinski definition) is 4. The minimum Gasteiger partial charge on any atom is -0.456 e. The summed E-state index contributed by atoms with van der Waals surface area (Å²) in [5.74, 6) is 0. The van der Waals surface area contributed by atoms with Gasteiger partial charge in [0.1, 0.15) is 27.9 Å². The molecule has 0 spiro atoms. The third kappa shape index (κ3) is 4.41. The Hall–Kier alpha value is -7.04. The minimum atomic E-state index is 0.819. The Morgan fingerprint density at radius 2 is 0.846 bits per heavy atom. The van der Waals surface area contributed by atoms with Gasteiger partial charge in [-0.1, -0.05) is 109 Å². The van der Waals surface area contributed by atoms with E-state index in [1.54, 1.807) is 0 Å². The van der Waals surface area contributed by atoms with Crippen LogP contribution in [0.25, 0.3) is 88.1 Å². The molecule has 0 aliphatic heterocycles. The summed E-state index contributed by atoms with van der Waals surface area (Å²) in [5, 5.41) is 6.43. The average Bonchev–Trinajstić information content (AvgIpc) is 3.90. The maximum absolute atomic E-state index is 6.93. The fraction of sp³-hybridized carbons (Fsp3) is 0. The fourth-order valence-electron chi connectivity index (χ4n) is 7.79. The molecule has 0 radical (unpaired) electrons. The van der Waals surface area contributed by atoms with Gasteiger partial charge in [0.25, 0.3) is 0 Å². The number of furan rings is 3. The molecule has 8 aromatic carbocycles. The van der Waals surface area contributed by atoms with Crippen LogP contribution in [0.1, 0.15) is 0 Å². The summed E-state index contributed by atoms with van der Waals surface area (Å²) >= 11 is 0. The van der Waals surface area contributed by atoms with Crippen molar-refractivity contribution >= 4 is 82.9 Å². The summed E-state index contributed by atoms with van der Waals surface area (Å²) < 4.78 is 19.4. The lowest BCUT2D eigenvalue weighted by molar-refractivity contribution is 0.663. The first-order chi connectivity index (χ1) is 25.8. The number of hydrogen-bond donors (Lipinski definition) is 0. The molecule has 4 heteroatoms. The van der Waals surface area contributed by atoms with E-state index in [4.69, 9.17) is 13.3 Å². The maximum atomic E-state index is 6.93. The second kappa shape index (κ2) is 11.2. The molecule has 0 aliphatic rings. The zero-order valence-corrected chi connectivity index (χ0v) is 27.9. The van der Waals surface area contributed by atoms with Crippen molar-refractivity contribution in [1.29, 1.82) is 0 Å². The molecule has 0 fully saturated rings. The predicted molar refractivity (Wildman–Crippen MR) is 214 cm³/mol. The summed E-state index contributed by atoms with van der Waals surface area (Å²) in [4.78, 5) is 2.29. The smallest absolute Gasteiger partial charge is 0.159 e. The quantitative estimate of drug-likeness (QED) is 0.183. The van der Waals surface area contributed by atoms with Gasteiger partial charge in [0.05, 0.1) is 11.1 Å². The molecule has 0 saturated carbocycles. The van der Waals surface area contributed by atoms with Crippen LogP contribution in [0.5, 0.6) is 0 Å². The summed E-state index contributed by atoms with van der Waals surface area (Å²) in [5.41, 5.74) is 12.7. The van der Waals surface area contributed by atoms with Crippen molar-refractivity contribution in [2.45, 2.75) is 0 Å². The van der Waals surface area contributed by atoms with E-state index >= 15 is 0 Å². The lowest BCUT2D eigenvalue weighted by Gasteiger charge is -2.26.